The van der Waals surface area contributed by atoms with Crippen LogP contribution in [0.25, 0.3) is 5.57 Å². The topological polar surface area (TPSA) is 54.5 Å². The zero-order chi connectivity index (χ0) is 23.4. The SMILES string of the molecule is CC(=O)c1cccc(N2C(=O)[C@@H]3[C@@H](C2=O)[C@@H]2C=C[C@@H]3C2=C(c2ccccc2)c2ccccc2)c1. The monoisotopic (exact) mass is 445 g/mol. The molecule has 2 bridgehead atoms. The van der Waals surface area contributed by atoms with Crippen LogP contribution in [0.15, 0.2) is 103 Å². The van der Waals surface area contributed by atoms with Crippen molar-refractivity contribution in [3.8, 4) is 0 Å². The van der Waals surface area contributed by atoms with E-state index in [0.29, 0.717) is 11.3 Å². The van der Waals surface area contributed by atoms with Crippen molar-refractivity contribution in [1.29, 1.82) is 0 Å². The summed E-state index contributed by atoms with van der Waals surface area (Å²) in [6, 6.07) is 27.2. The van der Waals surface area contributed by atoms with Gasteiger partial charge in [0.1, 0.15) is 0 Å². The Morgan fingerprint density at radius 3 is 1.68 bits per heavy atom. The maximum Gasteiger partial charge on any atom is 0.238 e. The van der Waals surface area contributed by atoms with Crippen LogP contribution in [0.1, 0.15) is 28.4 Å². The number of fused-ring (bicyclic) bond motifs is 5. The van der Waals surface area contributed by atoms with E-state index in [1.807, 2.05) is 36.4 Å². The van der Waals surface area contributed by atoms with Crippen LogP contribution >= 0.6 is 0 Å². The van der Waals surface area contributed by atoms with E-state index in [2.05, 4.69) is 36.4 Å². The number of carbonyl (C=O) groups excluding carboxylic acids is 3. The van der Waals surface area contributed by atoms with Crippen molar-refractivity contribution in [3.63, 3.8) is 0 Å². The van der Waals surface area contributed by atoms with Gasteiger partial charge in [-0.2, -0.15) is 0 Å². The smallest absolute Gasteiger partial charge is 0.238 e. The molecule has 2 fully saturated rings. The lowest BCUT2D eigenvalue weighted by molar-refractivity contribution is -0.122. The fourth-order valence-corrected chi connectivity index (χ4v) is 5.92. The number of nitrogens with zero attached hydrogens (tertiary/aromatic N) is 1. The number of Topliss-reactive ketones (excluding diaryl/α,β-unsaturated/α-hetero) is 1. The molecule has 4 heteroatoms. The lowest BCUT2D eigenvalue weighted by Gasteiger charge is -2.22. The van der Waals surface area contributed by atoms with Gasteiger partial charge in [0.05, 0.1) is 17.5 Å². The van der Waals surface area contributed by atoms with Crippen LogP contribution < -0.4 is 4.90 Å². The molecule has 3 aliphatic rings. The fourth-order valence-electron chi connectivity index (χ4n) is 5.92. The molecule has 4 nitrogen and oxygen atoms in total. The third-order valence-electron chi connectivity index (χ3n) is 7.34. The number of benzene rings is 3. The molecule has 0 radical (unpaired) electrons. The Labute approximate surface area is 198 Å². The third kappa shape index (κ3) is 2.95. The maximum atomic E-state index is 13.7. The van der Waals surface area contributed by atoms with E-state index >= 15 is 0 Å². The minimum atomic E-state index is -0.416. The predicted octanol–water partition coefficient (Wildman–Crippen LogP) is 5.31. The highest BCUT2D eigenvalue weighted by Gasteiger charge is 2.62. The minimum absolute atomic E-state index is 0.0940. The van der Waals surface area contributed by atoms with Crippen molar-refractivity contribution < 1.29 is 14.4 Å². The van der Waals surface area contributed by atoms with E-state index in [-0.39, 0.29) is 29.4 Å². The summed E-state index contributed by atoms with van der Waals surface area (Å²) in [5, 5.41) is 0. The molecule has 166 valence electrons. The quantitative estimate of drug-likeness (QED) is 0.311. The number of imide groups is 1. The second-order valence-corrected chi connectivity index (χ2v) is 9.17. The predicted molar refractivity (Wildman–Crippen MR) is 131 cm³/mol. The Kier molecular flexibility index (Phi) is 4.70. The largest absolute Gasteiger partial charge is 0.295 e. The molecular weight excluding hydrogens is 422 g/mol. The third-order valence-corrected chi connectivity index (χ3v) is 7.34. The van der Waals surface area contributed by atoms with Gasteiger partial charge in [-0.25, -0.2) is 4.90 Å². The molecule has 0 spiro atoms. The second kappa shape index (κ2) is 7.77. The molecule has 1 saturated heterocycles. The van der Waals surface area contributed by atoms with Gasteiger partial charge in [-0.15, -0.1) is 0 Å². The molecule has 0 aromatic heterocycles. The Morgan fingerprint density at radius 2 is 1.18 bits per heavy atom. The van der Waals surface area contributed by atoms with Gasteiger partial charge >= 0.3 is 0 Å². The van der Waals surface area contributed by atoms with E-state index in [4.69, 9.17) is 0 Å². The molecule has 1 aliphatic heterocycles. The molecule has 34 heavy (non-hydrogen) atoms. The second-order valence-electron chi connectivity index (χ2n) is 9.17. The number of carbonyl (C=O) groups is 3. The Bertz CT molecular complexity index is 1310. The summed E-state index contributed by atoms with van der Waals surface area (Å²) in [5.41, 5.74) is 5.43. The van der Waals surface area contributed by atoms with E-state index in [0.717, 1.165) is 22.3 Å². The molecule has 1 heterocycles. The summed E-state index contributed by atoms with van der Waals surface area (Å²) in [6.45, 7) is 1.48. The van der Waals surface area contributed by atoms with Crippen LogP contribution in [0, 0.1) is 23.7 Å². The molecule has 2 aliphatic carbocycles. The Balaban J connectivity index is 1.47. The number of anilines is 1. The van der Waals surface area contributed by atoms with Gasteiger partial charge in [0.2, 0.25) is 11.8 Å². The lowest BCUT2D eigenvalue weighted by atomic mass is 9.85. The van der Waals surface area contributed by atoms with Crippen LogP contribution in [0.4, 0.5) is 5.69 Å². The normalized spacial score (nSPS) is 24.6. The highest BCUT2D eigenvalue weighted by Crippen LogP contribution is 2.58. The van der Waals surface area contributed by atoms with E-state index in [1.54, 1.807) is 24.3 Å². The molecule has 0 N–H and O–H groups in total. The summed E-state index contributed by atoms with van der Waals surface area (Å²) in [5.74, 6) is -1.52. The summed E-state index contributed by atoms with van der Waals surface area (Å²) in [7, 11) is 0. The van der Waals surface area contributed by atoms with Crippen LogP contribution in [0.2, 0.25) is 0 Å². The van der Waals surface area contributed by atoms with Crippen LogP contribution in [-0.4, -0.2) is 17.6 Å². The first kappa shape index (κ1) is 20.5. The van der Waals surface area contributed by atoms with Crippen LogP contribution in [-0.2, 0) is 9.59 Å². The minimum Gasteiger partial charge on any atom is -0.295 e. The number of allylic oxidation sites excluding steroid dienone is 3. The number of hydrogen-bond acceptors (Lipinski definition) is 3. The van der Waals surface area contributed by atoms with E-state index < -0.39 is 11.8 Å². The Hall–Kier alpha value is -4.05. The van der Waals surface area contributed by atoms with Crippen molar-refractivity contribution in [2.75, 3.05) is 4.90 Å². The van der Waals surface area contributed by atoms with Crippen molar-refractivity contribution in [2.45, 2.75) is 6.92 Å². The summed E-state index contributed by atoms with van der Waals surface area (Å²) < 4.78 is 0. The van der Waals surface area contributed by atoms with Gasteiger partial charge in [-0.1, -0.05) is 84.9 Å². The zero-order valence-corrected chi connectivity index (χ0v) is 18.7. The molecule has 2 amide bonds. The average molecular weight is 446 g/mol. The van der Waals surface area contributed by atoms with Gasteiger partial charge in [-0.3, -0.25) is 14.4 Å². The van der Waals surface area contributed by atoms with Gasteiger partial charge in [-0.05, 0) is 41.3 Å². The van der Waals surface area contributed by atoms with Gasteiger partial charge in [0, 0.05) is 17.4 Å². The molecule has 6 rings (SSSR count). The van der Waals surface area contributed by atoms with Crippen LogP contribution in [0.3, 0.4) is 0 Å². The Morgan fingerprint density at radius 1 is 0.676 bits per heavy atom. The molecule has 1 saturated carbocycles. The van der Waals surface area contributed by atoms with Crippen molar-refractivity contribution in [1.82, 2.24) is 0 Å². The number of hydrogen-bond donors (Lipinski definition) is 0. The van der Waals surface area contributed by atoms with E-state index in [1.165, 1.54) is 11.8 Å². The van der Waals surface area contributed by atoms with Crippen molar-refractivity contribution in [3.05, 3.63) is 119 Å². The van der Waals surface area contributed by atoms with Gasteiger partial charge in [0.15, 0.2) is 5.78 Å². The molecule has 0 unspecified atom stereocenters. The first-order valence-corrected chi connectivity index (χ1v) is 11.6. The lowest BCUT2D eigenvalue weighted by Crippen LogP contribution is -2.33. The number of amides is 2. The zero-order valence-electron chi connectivity index (χ0n) is 18.7. The summed E-state index contributed by atoms with van der Waals surface area (Å²) >= 11 is 0. The first-order chi connectivity index (χ1) is 16.6. The average Bonchev–Trinajstić information content (AvgIpc) is 3.50. The van der Waals surface area contributed by atoms with Crippen molar-refractivity contribution >= 4 is 28.9 Å². The number of rotatable bonds is 4. The van der Waals surface area contributed by atoms with Gasteiger partial charge in [0.25, 0.3) is 0 Å². The standard InChI is InChI=1S/C30H23NO3/c1-18(32)21-13-8-14-22(17-21)31-29(33)27-23-15-16-24(28(27)30(31)34)26(23)25(19-9-4-2-5-10-19)20-11-6-3-7-12-20/h2-17,23-24,27-28H,1H3/t23-,24-,27+,28+/m1/s1. The highest BCUT2D eigenvalue weighted by molar-refractivity contribution is 6.23. The van der Waals surface area contributed by atoms with Crippen LogP contribution in [0.5, 0.6) is 0 Å². The molecular formula is C30H23NO3. The van der Waals surface area contributed by atoms with Crippen molar-refractivity contribution in [2.24, 2.45) is 23.7 Å². The van der Waals surface area contributed by atoms with E-state index in [9.17, 15) is 14.4 Å². The fraction of sp³-hybridized carbons (Fsp3) is 0.167. The highest BCUT2D eigenvalue weighted by atomic mass is 16.2. The number of ketones is 1. The molecule has 3 aromatic carbocycles. The molecule has 4 atom stereocenters. The summed E-state index contributed by atoms with van der Waals surface area (Å²) in [4.78, 5) is 40.5. The maximum absolute atomic E-state index is 13.7. The first-order valence-electron chi connectivity index (χ1n) is 11.6. The molecule has 3 aromatic rings. The van der Waals surface area contributed by atoms with Gasteiger partial charge < -0.3 is 0 Å². The summed E-state index contributed by atoms with van der Waals surface area (Å²) in [6.07, 6.45) is 4.21.